The summed E-state index contributed by atoms with van der Waals surface area (Å²) in [6, 6.07) is 4.72. The van der Waals surface area contributed by atoms with Gasteiger partial charge in [0.05, 0.1) is 18.9 Å². The van der Waals surface area contributed by atoms with E-state index in [4.69, 9.17) is 0 Å². The van der Waals surface area contributed by atoms with E-state index in [0.29, 0.717) is 17.0 Å². The number of hydrogen-bond donors (Lipinski definition) is 1. The van der Waals surface area contributed by atoms with Crippen LogP contribution in [-0.2, 0) is 11.3 Å². The first kappa shape index (κ1) is 14.1. The standard InChI is InChI=1S/C15H18N2O3/c1-10(2)8-17-9-12(7-16-17)13-5-4-11(6-14(13)18)15(19)20-3/h4-7,9-10,18H,8H2,1-3H3. The number of carbonyl (C=O) groups is 1. The van der Waals surface area contributed by atoms with Crippen molar-refractivity contribution in [1.29, 1.82) is 0 Å². The lowest BCUT2D eigenvalue weighted by atomic mass is 10.1. The number of carbonyl (C=O) groups excluding carboxylic acids is 1. The van der Waals surface area contributed by atoms with Gasteiger partial charge in [0.1, 0.15) is 5.75 Å². The van der Waals surface area contributed by atoms with Crippen molar-refractivity contribution in [2.45, 2.75) is 20.4 Å². The molecule has 0 aliphatic heterocycles. The SMILES string of the molecule is COC(=O)c1ccc(-c2cnn(CC(C)C)c2)c(O)c1. The fraction of sp³-hybridized carbons (Fsp3) is 0.333. The first-order chi connectivity index (χ1) is 9.51. The van der Waals surface area contributed by atoms with Crippen LogP contribution < -0.4 is 0 Å². The molecular formula is C15H18N2O3. The van der Waals surface area contributed by atoms with Gasteiger partial charge in [-0.2, -0.15) is 5.10 Å². The van der Waals surface area contributed by atoms with Crippen LogP contribution in [-0.4, -0.2) is 28.0 Å². The molecule has 0 spiro atoms. The second-order valence-corrected chi connectivity index (χ2v) is 5.07. The predicted molar refractivity (Wildman–Crippen MR) is 75.5 cm³/mol. The molecule has 1 aromatic carbocycles. The highest BCUT2D eigenvalue weighted by Crippen LogP contribution is 2.29. The number of benzene rings is 1. The molecule has 0 aliphatic rings. The number of aromatic nitrogens is 2. The van der Waals surface area contributed by atoms with E-state index < -0.39 is 5.97 Å². The van der Waals surface area contributed by atoms with Gasteiger partial charge in [0.25, 0.3) is 0 Å². The van der Waals surface area contributed by atoms with E-state index in [9.17, 15) is 9.90 Å². The fourth-order valence-corrected chi connectivity index (χ4v) is 2.00. The lowest BCUT2D eigenvalue weighted by Crippen LogP contribution is -2.04. The highest BCUT2D eigenvalue weighted by molar-refractivity contribution is 5.91. The Morgan fingerprint density at radius 3 is 2.80 bits per heavy atom. The van der Waals surface area contributed by atoms with Gasteiger partial charge in [-0.05, 0) is 24.1 Å². The minimum atomic E-state index is -0.470. The maximum atomic E-state index is 11.4. The molecule has 0 bridgehead atoms. The molecule has 0 amide bonds. The molecule has 2 rings (SSSR count). The van der Waals surface area contributed by atoms with Gasteiger partial charge in [0, 0.05) is 23.9 Å². The van der Waals surface area contributed by atoms with Gasteiger partial charge in [-0.25, -0.2) is 4.79 Å². The number of aromatic hydroxyl groups is 1. The molecule has 2 aromatic rings. The van der Waals surface area contributed by atoms with Crippen LogP contribution in [0, 0.1) is 5.92 Å². The molecule has 20 heavy (non-hydrogen) atoms. The van der Waals surface area contributed by atoms with Crippen LogP contribution in [0.2, 0.25) is 0 Å². The van der Waals surface area contributed by atoms with Crippen LogP contribution in [0.5, 0.6) is 5.75 Å². The number of ether oxygens (including phenoxy) is 1. The van der Waals surface area contributed by atoms with Crippen LogP contribution in [0.1, 0.15) is 24.2 Å². The quantitative estimate of drug-likeness (QED) is 0.871. The van der Waals surface area contributed by atoms with Gasteiger partial charge in [-0.3, -0.25) is 4.68 Å². The third-order valence-electron chi connectivity index (χ3n) is 2.92. The molecule has 5 heteroatoms. The van der Waals surface area contributed by atoms with Gasteiger partial charge in [-0.15, -0.1) is 0 Å². The first-order valence-electron chi connectivity index (χ1n) is 6.45. The molecule has 0 aliphatic carbocycles. The number of nitrogens with zero attached hydrogens (tertiary/aromatic N) is 2. The Morgan fingerprint density at radius 2 is 2.20 bits per heavy atom. The van der Waals surface area contributed by atoms with E-state index in [1.807, 2.05) is 10.9 Å². The molecule has 0 saturated heterocycles. The Kier molecular flexibility index (Phi) is 4.08. The predicted octanol–water partition coefficient (Wildman–Crippen LogP) is 2.70. The van der Waals surface area contributed by atoms with Crippen molar-refractivity contribution >= 4 is 5.97 Å². The van der Waals surface area contributed by atoms with Crippen LogP contribution in [0.3, 0.4) is 0 Å². The fourth-order valence-electron chi connectivity index (χ4n) is 2.00. The van der Waals surface area contributed by atoms with Crippen LogP contribution in [0.4, 0.5) is 0 Å². The molecule has 1 aromatic heterocycles. The molecular weight excluding hydrogens is 256 g/mol. The molecule has 106 valence electrons. The normalized spacial score (nSPS) is 10.8. The highest BCUT2D eigenvalue weighted by atomic mass is 16.5. The van der Waals surface area contributed by atoms with Gasteiger partial charge >= 0.3 is 5.97 Å². The van der Waals surface area contributed by atoms with E-state index >= 15 is 0 Å². The minimum absolute atomic E-state index is 0.0389. The van der Waals surface area contributed by atoms with Crippen molar-refractivity contribution < 1.29 is 14.6 Å². The number of phenols is 1. The summed E-state index contributed by atoms with van der Waals surface area (Å²) < 4.78 is 6.46. The third kappa shape index (κ3) is 2.99. The smallest absolute Gasteiger partial charge is 0.337 e. The summed E-state index contributed by atoms with van der Waals surface area (Å²) >= 11 is 0. The van der Waals surface area contributed by atoms with Gasteiger partial charge < -0.3 is 9.84 Å². The number of rotatable bonds is 4. The molecule has 1 N–H and O–H groups in total. The summed E-state index contributed by atoms with van der Waals surface area (Å²) in [7, 11) is 1.31. The Bertz CT molecular complexity index is 617. The van der Waals surface area contributed by atoms with Crippen molar-refractivity contribution in [2.24, 2.45) is 5.92 Å². The Labute approximate surface area is 117 Å². The average molecular weight is 274 g/mol. The molecule has 0 unspecified atom stereocenters. The van der Waals surface area contributed by atoms with Crippen molar-refractivity contribution in [1.82, 2.24) is 9.78 Å². The number of phenolic OH excluding ortho intramolecular Hbond substituents is 1. The molecule has 0 fully saturated rings. The molecule has 0 radical (unpaired) electrons. The molecule has 5 nitrogen and oxygen atoms in total. The molecule has 1 heterocycles. The Morgan fingerprint density at radius 1 is 1.45 bits per heavy atom. The van der Waals surface area contributed by atoms with Gasteiger partial charge in [0.2, 0.25) is 0 Å². The first-order valence-corrected chi connectivity index (χ1v) is 6.45. The zero-order valence-corrected chi connectivity index (χ0v) is 11.8. The number of esters is 1. The second-order valence-electron chi connectivity index (χ2n) is 5.07. The highest BCUT2D eigenvalue weighted by Gasteiger charge is 2.12. The van der Waals surface area contributed by atoms with Crippen LogP contribution >= 0.6 is 0 Å². The Balaban J connectivity index is 2.29. The molecule has 0 saturated carbocycles. The Hall–Kier alpha value is -2.30. The van der Waals surface area contributed by atoms with Gasteiger partial charge in [0.15, 0.2) is 0 Å². The second kappa shape index (κ2) is 5.77. The summed E-state index contributed by atoms with van der Waals surface area (Å²) in [5.74, 6) is 0.0670. The van der Waals surface area contributed by atoms with E-state index in [0.717, 1.165) is 12.1 Å². The zero-order chi connectivity index (χ0) is 14.7. The van der Waals surface area contributed by atoms with Crippen molar-refractivity contribution in [2.75, 3.05) is 7.11 Å². The van der Waals surface area contributed by atoms with Crippen LogP contribution in [0.15, 0.2) is 30.6 Å². The lowest BCUT2D eigenvalue weighted by Gasteiger charge is -2.05. The maximum absolute atomic E-state index is 11.4. The lowest BCUT2D eigenvalue weighted by molar-refractivity contribution is 0.0600. The number of hydrogen-bond acceptors (Lipinski definition) is 4. The largest absolute Gasteiger partial charge is 0.507 e. The van der Waals surface area contributed by atoms with Crippen molar-refractivity contribution in [3.8, 4) is 16.9 Å². The minimum Gasteiger partial charge on any atom is -0.507 e. The van der Waals surface area contributed by atoms with Crippen molar-refractivity contribution in [3.05, 3.63) is 36.2 Å². The van der Waals surface area contributed by atoms with E-state index in [1.165, 1.54) is 13.2 Å². The topological polar surface area (TPSA) is 64.3 Å². The zero-order valence-electron chi connectivity index (χ0n) is 11.8. The molecule has 0 atom stereocenters. The third-order valence-corrected chi connectivity index (χ3v) is 2.92. The van der Waals surface area contributed by atoms with Gasteiger partial charge in [-0.1, -0.05) is 13.8 Å². The summed E-state index contributed by atoms with van der Waals surface area (Å²) in [4.78, 5) is 11.4. The summed E-state index contributed by atoms with van der Waals surface area (Å²) in [5.41, 5.74) is 1.79. The summed E-state index contributed by atoms with van der Waals surface area (Å²) in [6.45, 7) is 5.05. The summed E-state index contributed by atoms with van der Waals surface area (Å²) in [6.07, 6.45) is 3.59. The summed E-state index contributed by atoms with van der Waals surface area (Å²) in [5, 5.41) is 14.3. The number of methoxy groups -OCH3 is 1. The average Bonchev–Trinajstić information content (AvgIpc) is 2.85. The van der Waals surface area contributed by atoms with E-state index in [-0.39, 0.29) is 5.75 Å². The monoisotopic (exact) mass is 274 g/mol. The van der Waals surface area contributed by atoms with E-state index in [1.54, 1.807) is 18.3 Å². The van der Waals surface area contributed by atoms with Crippen molar-refractivity contribution in [3.63, 3.8) is 0 Å². The van der Waals surface area contributed by atoms with Crippen LogP contribution in [0.25, 0.3) is 11.1 Å². The maximum Gasteiger partial charge on any atom is 0.337 e. The van der Waals surface area contributed by atoms with E-state index in [2.05, 4.69) is 23.7 Å².